The predicted molar refractivity (Wildman–Crippen MR) is 72.2 cm³/mol. The summed E-state index contributed by atoms with van der Waals surface area (Å²) in [5.41, 5.74) is 2.27. The minimum absolute atomic E-state index is 0.190. The lowest BCUT2D eigenvalue weighted by Gasteiger charge is -2.19. The van der Waals surface area contributed by atoms with Crippen molar-refractivity contribution in [3.8, 4) is 0 Å². The molecule has 1 aromatic heterocycles. The summed E-state index contributed by atoms with van der Waals surface area (Å²) in [4.78, 5) is 4.20. The van der Waals surface area contributed by atoms with Crippen LogP contribution in [0.15, 0.2) is 18.5 Å². The van der Waals surface area contributed by atoms with Crippen LogP contribution in [-0.2, 0) is 9.84 Å². The molecule has 0 bridgehead atoms. The maximum absolute atomic E-state index is 11.5. The maximum Gasteiger partial charge on any atom is 0.150 e. The monoisotopic (exact) mass is 268 g/mol. The number of aromatic nitrogens is 1. The number of nitrogens with one attached hydrogen (secondary N) is 1. The second-order valence-electron chi connectivity index (χ2n) is 5.14. The smallest absolute Gasteiger partial charge is 0.150 e. The van der Waals surface area contributed by atoms with Crippen molar-refractivity contribution in [1.29, 1.82) is 0 Å². The first-order chi connectivity index (χ1) is 8.50. The highest BCUT2D eigenvalue weighted by molar-refractivity contribution is 7.91. The maximum atomic E-state index is 11.5. The predicted octanol–water partition coefficient (Wildman–Crippen LogP) is 1.48. The van der Waals surface area contributed by atoms with Crippen molar-refractivity contribution in [2.45, 2.75) is 25.8 Å². The van der Waals surface area contributed by atoms with Crippen molar-refractivity contribution in [2.75, 3.05) is 18.6 Å². The van der Waals surface area contributed by atoms with Gasteiger partial charge in [-0.1, -0.05) is 6.07 Å². The molecule has 100 valence electrons. The Morgan fingerprint density at radius 3 is 2.83 bits per heavy atom. The Morgan fingerprint density at radius 1 is 1.50 bits per heavy atom. The van der Waals surface area contributed by atoms with Gasteiger partial charge in [-0.3, -0.25) is 4.98 Å². The molecule has 1 aliphatic heterocycles. The summed E-state index contributed by atoms with van der Waals surface area (Å²) in [5, 5.41) is 3.26. The number of nitrogens with zero attached hydrogens (tertiary/aromatic N) is 1. The molecule has 1 fully saturated rings. The van der Waals surface area contributed by atoms with Crippen molar-refractivity contribution in [3.63, 3.8) is 0 Å². The lowest BCUT2D eigenvalue weighted by atomic mass is 9.95. The van der Waals surface area contributed by atoms with E-state index in [2.05, 4.69) is 16.4 Å². The molecule has 0 spiro atoms. The zero-order chi connectivity index (χ0) is 13.2. The average molecular weight is 268 g/mol. The second kappa shape index (κ2) is 5.36. The van der Waals surface area contributed by atoms with E-state index in [0.717, 1.165) is 24.0 Å². The standard InChI is InChI=1S/C13H20N2O2S/c1-10-5-12(8-15-7-10)13(14-2)6-11-3-4-18(16,17)9-11/h5,7-8,11,13-14H,3-4,6,9H2,1-2H3. The Kier molecular flexibility index (Phi) is 4.02. The van der Waals surface area contributed by atoms with Gasteiger partial charge in [-0.25, -0.2) is 8.42 Å². The van der Waals surface area contributed by atoms with Crippen LogP contribution in [0, 0.1) is 12.8 Å². The highest BCUT2D eigenvalue weighted by atomic mass is 32.2. The molecule has 0 saturated carbocycles. The fourth-order valence-electron chi connectivity index (χ4n) is 2.58. The number of pyridine rings is 1. The third-order valence-corrected chi connectivity index (χ3v) is 5.38. The highest BCUT2D eigenvalue weighted by Crippen LogP contribution is 2.28. The summed E-state index contributed by atoms with van der Waals surface area (Å²) < 4.78 is 22.9. The van der Waals surface area contributed by atoms with Gasteiger partial charge in [0.25, 0.3) is 0 Å². The van der Waals surface area contributed by atoms with Gasteiger partial charge >= 0.3 is 0 Å². The van der Waals surface area contributed by atoms with Crippen LogP contribution in [0.3, 0.4) is 0 Å². The lowest BCUT2D eigenvalue weighted by Crippen LogP contribution is -2.20. The highest BCUT2D eigenvalue weighted by Gasteiger charge is 2.29. The first-order valence-corrected chi connectivity index (χ1v) is 8.11. The molecule has 2 rings (SSSR count). The molecule has 2 atom stereocenters. The first-order valence-electron chi connectivity index (χ1n) is 6.29. The van der Waals surface area contributed by atoms with E-state index < -0.39 is 9.84 Å². The Balaban J connectivity index is 2.06. The SMILES string of the molecule is CNC(CC1CCS(=O)(=O)C1)c1cncc(C)c1. The molecule has 0 radical (unpaired) electrons. The fourth-order valence-corrected chi connectivity index (χ4v) is 4.46. The number of aryl methyl sites for hydroxylation is 1. The van der Waals surface area contributed by atoms with Crippen LogP contribution < -0.4 is 5.32 Å². The Morgan fingerprint density at radius 2 is 2.28 bits per heavy atom. The van der Waals surface area contributed by atoms with Gasteiger partial charge in [-0.05, 0) is 43.9 Å². The van der Waals surface area contributed by atoms with Crippen molar-refractivity contribution in [1.82, 2.24) is 10.3 Å². The van der Waals surface area contributed by atoms with E-state index in [-0.39, 0.29) is 12.0 Å². The summed E-state index contributed by atoms with van der Waals surface area (Å²) in [6.07, 6.45) is 5.34. The minimum atomic E-state index is -2.78. The van der Waals surface area contributed by atoms with Crippen LogP contribution in [0.4, 0.5) is 0 Å². The zero-order valence-electron chi connectivity index (χ0n) is 10.9. The normalized spacial score (nSPS) is 24.0. The zero-order valence-corrected chi connectivity index (χ0v) is 11.7. The molecule has 0 amide bonds. The molecule has 5 heteroatoms. The molecule has 2 heterocycles. The molecule has 4 nitrogen and oxygen atoms in total. The van der Waals surface area contributed by atoms with Crippen LogP contribution in [0.2, 0.25) is 0 Å². The molecule has 0 aromatic carbocycles. The topological polar surface area (TPSA) is 59.1 Å². The molecule has 1 aromatic rings. The van der Waals surface area contributed by atoms with Crippen molar-refractivity contribution >= 4 is 9.84 Å². The van der Waals surface area contributed by atoms with Gasteiger partial charge in [0.05, 0.1) is 11.5 Å². The number of hydrogen-bond donors (Lipinski definition) is 1. The third kappa shape index (κ3) is 3.29. The first kappa shape index (κ1) is 13.5. The number of sulfone groups is 1. The summed E-state index contributed by atoms with van der Waals surface area (Å²) in [6.45, 7) is 2.02. The molecular weight excluding hydrogens is 248 g/mol. The number of hydrogen-bond acceptors (Lipinski definition) is 4. The van der Waals surface area contributed by atoms with Gasteiger partial charge < -0.3 is 5.32 Å². The van der Waals surface area contributed by atoms with E-state index >= 15 is 0 Å². The molecular formula is C13H20N2O2S. The van der Waals surface area contributed by atoms with Gasteiger partial charge in [0.15, 0.2) is 9.84 Å². The Hall–Kier alpha value is -0.940. The summed E-state index contributed by atoms with van der Waals surface area (Å²) in [6, 6.07) is 2.30. The van der Waals surface area contributed by atoms with Gasteiger partial charge in [0, 0.05) is 18.4 Å². The van der Waals surface area contributed by atoms with Crippen LogP contribution >= 0.6 is 0 Å². The number of rotatable bonds is 4. The van der Waals surface area contributed by atoms with E-state index in [4.69, 9.17) is 0 Å². The summed E-state index contributed by atoms with van der Waals surface area (Å²) in [7, 11) is -0.870. The Bertz CT molecular complexity index is 513. The van der Waals surface area contributed by atoms with Gasteiger partial charge in [0.1, 0.15) is 0 Å². The molecule has 2 unspecified atom stereocenters. The lowest BCUT2D eigenvalue weighted by molar-refractivity contribution is 0.436. The van der Waals surface area contributed by atoms with Crippen molar-refractivity contribution in [2.24, 2.45) is 5.92 Å². The van der Waals surface area contributed by atoms with Gasteiger partial charge in [0.2, 0.25) is 0 Å². The van der Waals surface area contributed by atoms with E-state index in [9.17, 15) is 8.42 Å². The van der Waals surface area contributed by atoms with Gasteiger partial charge in [-0.2, -0.15) is 0 Å². The van der Waals surface area contributed by atoms with Crippen LogP contribution in [-0.4, -0.2) is 32.0 Å². The Labute approximate surface area is 109 Å². The minimum Gasteiger partial charge on any atom is -0.313 e. The third-order valence-electron chi connectivity index (χ3n) is 3.54. The quantitative estimate of drug-likeness (QED) is 0.898. The summed E-state index contributed by atoms with van der Waals surface area (Å²) in [5.74, 6) is 0.956. The average Bonchev–Trinajstić information content (AvgIpc) is 2.65. The molecule has 1 N–H and O–H groups in total. The second-order valence-corrected chi connectivity index (χ2v) is 7.37. The van der Waals surface area contributed by atoms with Crippen LogP contribution in [0.25, 0.3) is 0 Å². The van der Waals surface area contributed by atoms with E-state index in [1.54, 1.807) is 0 Å². The molecule has 18 heavy (non-hydrogen) atoms. The summed E-state index contributed by atoms with van der Waals surface area (Å²) >= 11 is 0. The van der Waals surface area contributed by atoms with Crippen LogP contribution in [0.5, 0.6) is 0 Å². The van der Waals surface area contributed by atoms with Crippen molar-refractivity contribution < 1.29 is 8.42 Å². The van der Waals surface area contributed by atoms with Crippen molar-refractivity contribution in [3.05, 3.63) is 29.6 Å². The van der Waals surface area contributed by atoms with E-state index in [0.29, 0.717) is 11.5 Å². The van der Waals surface area contributed by atoms with Crippen LogP contribution in [0.1, 0.15) is 30.0 Å². The van der Waals surface area contributed by atoms with E-state index in [1.807, 2.05) is 26.4 Å². The van der Waals surface area contributed by atoms with Gasteiger partial charge in [-0.15, -0.1) is 0 Å². The molecule has 1 aliphatic rings. The molecule has 1 saturated heterocycles. The molecule has 0 aliphatic carbocycles. The largest absolute Gasteiger partial charge is 0.313 e. The fraction of sp³-hybridized carbons (Fsp3) is 0.615. The van der Waals surface area contributed by atoms with E-state index in [1.165, 1.54) is 0 Å².